The molecule has 92 valence electrons. The lowest BCUT2D eigenvalue weighted by atomic mass is 9.92. The molecular weight excluding hydrogens is 216 g/mol. The van der Waals surface area contributed by atoms with Crippen LogP contribution in [0, 0.1) is 12.8 Å². The molecule has 1 aromatic rings. The van der Waals surface area contributed by atoms with E-state index in [0.29, 0.717) is 5.92 Å². The Morgan fingerprint density at radius 3 is 2.82 bits per heavy atom. The van der Waals surface area contributed by atoms with Crippen LogP contribution in [0.1, 0.15) is 32.4 Å². The summed E-state index contributed by atoms with van der Waals surface area (Å²) in [4.78, 5) is 12.2. The predicted octanol–water partition coefficient (Wildman–Crippen LogP) is 1.74. The highest BCUT2D eigenvalue weighted by Crippen LogP contribution is 2.45. The summed E-state index contributed by atoms with van der Waals surface area (Å²) in [6.45, 7) is 6.77. The topological polar surface area (TPSA) is 59.0 Å². The van der Waals surface area contributed by atoms with Crippen LogP contribution in [0.3, 0.4) is 0 Å². The molecule has 1 aromatic heterocycles. The zero-order chi connectivity index (χ0) is 12.2. The molecular formula is C12H18N4O. The number of rotatable bonds is 2. The van der Waals surface area contributed by atoms with E-state index in [4.69, 9.17) is 0 Å². The van der Waals surface area contributed by atoms with Crippen LogP contribution in [0.4, 0.5) is 11.5 Å². The fourth-order valence-corrected chi connectivity index (χ4v) is 2.58. The third kappa shape index (κ3) is 1.38. The van der Waals surface area contributed by atoms with Crippen LogP contribution < -0.4 is 10.6 Å². The Hall–Kier alpha value is -1.52. The van der Waals surface area contributed by atoms with E-state index in [-0.39, 0.29) is 5.91 Å². The summed E-state index contributed by atoms with van der Waals surface area (Å²) in [5.74, 6) is 1.49. The zero-order valence-electron chi connectivity index (χ0n) is 10.5. The van der Waals surface area contributed by atoms with Crippen molar-refractivity contribution >= 4 is 17.4 Å². The maximum atomic E-state index is 12.2. The molecule has 1 atom stereocenters. The van der Waals surface area contributed by atoms with Gasteiger partial charge in [-0.05, 0) is 39.5 Å². The molecule has 5 heteroatoms. The van der Waals surface area contributed by atoms with Gasteiger partial charge in [0.2, 0.25) is 5.91 Å². The standard InChI is InChI=1S/C12H18N4O/c1-4-16-10-9(7(2)15-16)13-11(17)12(3,14-10)8-5-6-8/h8,14H,4-6H2,1-3H3,(H,13,17). The molecule has 2 heterocycles. The fraction of sp³-hybridized carbons (Fsp3) is 0.667. The minimum Gasteiger partial charge on any atom is -0.354 e. The molecule has 5 nitrogen and oxygen atoms in total. The lowest BCUT2D eigenvalue weighted by Gasteiger charge is -2.35. The van der Waals surface area contributed by atoms with Gasteiger partial charge >= 0.3 is 0 Å². The van der Waals surface area contributed by atoms with E-state index in [0.717, 1.165) is 36.6 Å². The van der Waals surface area contributed by atoms with E-state index < -0.39 is 5.54 Å². The molecule has 2 aliphatic rings. The number of nitrogens with zero attached hydrogens (tertiary/aromatic N) is 2. The van der Waals surface area contributed by atoms with Gasteiger partial charge in [-0.15, -0.1) is 0 Å². The lowest BCUT2D eigenvalue weighted by Crippen LogP contribution is -2.52. The quantitative estimate of drug-likeness (QED) is 0.819. The van der Waals surface area contributed by atoms with Crippen molar-refractivity contribution in [3.05, 3.63) is 5.69 Å². The molecule has 2 N–H and O–H groups in total. The zero-order valence-corrected chi connectivity index (χ0v) is 10.5. The first-order chi connectivity index (χ1) is 8.06. The largest absolute Gasteiger partial charge is 0.354 e. The molecule has 17 heavy (non-hydrogen) atoms. The molecule has 0 spiro atoms. The van der Waals surface area contributed by atoms with Crippen molar-refractivity contribution < 1.29 is 4.79 Å². The van der Waals surface area contributed by atoms with Gasteiger partial charge in [0.05, 0.1) is 5.69 Å². The van der Waals surface area contributed by atoms with Crippen LogP contribution in [-0.4, -0.2) is 21.2 Å². The summed E-state index contributed by atoms with van der Waals surface area (Å²) >= 11 is 0. The first kappa shape index (κ1) is 10.6. The van der Waals surface area contributed by atoms with Crippen molar-refractivity contribution in [2.75, 3.05) is 10.6 Å². The van der Waals surface area contributed by atoms with Crippen LogP contribution in [0.15, 0.2) is 0 Å². The number of carbonyl (C=O) groups excluding carboxylic acids is 1. The molecule has 1 unspecified atom stereocenters. The molecule has 0 aromatic carbocycles. The highest BCUT2D eigenvalue weighted by Gasteiger charge is 2.50. The van der Waals surface area contributed by atoms with Gasteiger partial charge in [0.1, 0.15) is 17.0 Å². The Balaban J connectivity index is 2.05. The van der Waals surface area contributed by atoms with Gasteiger partial charge in [-0.3, -0.25) is 4.79 Å². The van der Waals surface area contributed by atoms with E-state index >= 15 is 0 Å². The molecule has 0 bridgehead atoms. The monoisotopic (exact) mass is 234 g/mol. The summed E-state index contributed by atoms with van der Waals surface area (Å²) in [7, 11) is 0. The van der Waals surface area contributed by atoms with Gasteiger partial charge in [0, 0.05) is 6.54 Å². The molecule has 1 saturated carbocycles. The van der Waals surface area contributed by atoms with E-state index in [1.54, 1.807) is 0 Å². The highest BCUT2D eigenvalue weighted by atomic mass is 16.2. The summed E-state index contributed by atoms with van der Waals surface area (Å²) in [5, 5.41) is 10.9. The smallest absolute Gasteiger partial charge is 0.250 e. The Bertz CT molecular complexity index is 489. The van der Waals surface area contributed by atoms with Crippen LogP contribution in [0.5, 0.6) is 0 Å². The van der Waals surface area contributed by atoms with E-state index in [1.165, 1.54) is 0 Å². The van der Waals surface area contributed by atoms with Gasteiger partial charge in [0.25, 0.3) is 0 Å². The number of carbonyl (C=O) groups is 1. The number of hydrogen-bond donors (Lipinski definition) is 2. The minimum absolute atomic E-state index is 0.0752. The molecule has 0 saturated heterocycles. The second kappa shape index (κ2) is 3.24. The molecule has 1 fully saturated rings. The van der Waals surface area contributed by atoms with E-state index in [1.807, 2.05) is 18.5 Å². The number of nitrogens with one attached hydrogen (secondary N) is 2. The SMILES string of the molecule is CCn1nc(C)c2c1NC(C)(C1CC1)C(=O)N2. The van der Waals surface area contributed by atoms with Gasteiger partial charge in [0.15, 0.2) is 0 Å². The number of fused-ring (bicyclic) bond motifs is 1. The number of anilines is 2. The molecule has 0 radical (unpaired) electrons. The molecule has 1 aliphatic heterocycles. The van der Waals surface area contributed by atoms with Crippen molar-refractivity contribution in [1.82, 2.24) is 9.78 Å². The minimum atomic E-state index is -0.466. The first-order valence-corrected chi connectivity index (χ1v) is 6.23. The Morgan fingerprint density at radius 2 is 2.24 bits per heavy atom. The lowest BCUT2D eigenvalue weighted by molar-refractivity contribution is -0.120. The third-order valence-corrected chi connectivity index (χ3v) is 3.91. The van der Waals surface area contributed by atoms with Crippen molar-refractivity contribution in [3.8, 4) is 0 Å². The maximum Gasteiger partial charge on any atom is 0.250 e. The summed E-state index contributed by atoms with van der Waals surface area (Å²) in [6.07, 6.45) is 2.26. The van der Waals surface area contributed by atoms with E-state index in [2.05, 4.69) is 22.7 Å². The third-order valence-electron chi connectivity index (χ3n) is 3.91. The molecule has 1 aliphatic carbocycles. The van der Waals surface area contributed by atoms with Gasteiger partial charge < -0.3 is 10.6 Å². The molecule has 1 amide bonds. The molecule has 3 rings (SSSR count). The first-order valence-electron chi connectivity index (χ1n) is 6.23. The second-order valence-electron chi connectivity index (χ2n) is 5.18. The second-order valence-corrected chi connectivity index (χ2v) is 5.18. The van der Waals surface area contributed by atoms with Crippen LogP contribution in [-0.2, 0) is 11.3 Å². The predicted molar refractivity (Wildman–Crippen MR) is 66.0 cm³/mol. The van der Waals surface area contributed by atoms with E-state index in [9.17, 15) is 4.79 Å². The highest BCUT2D eigenvalue weighted by molar-refractivity contribution is 6.06. The van der Waals surface area contributed by atoms with Gasteiger partial charge in [-0.1, -0.05) is 0 Å². The average molecular weight is 234 g/mol. The van der Waals surface area contributed by atoms with Crippen molar-refractivity contribution in [3.63, 3.8) is 0 Å². The van der Waals surface area contributed by atoms with Crippen LogP contribution in [0.25, 0.3) is 0 Å². The summed E-state index contributed by atoms with van der Waals surface area (Å²) in [6, 6.07) is 0. The van der Waals surface area contributed by atoms with Gasteiger partial charge in [-0.25, -0.2) is 4.68 Å². The van der Waals surface area contributed by atoms with Crippen LogP contribution in [0.2, 0.25) is 0 Å². The number of hydrogen-bond acceptors (Lipinski definition) is 3. The Labute approximate surface area is 101 Å². The van der Waals surface area contributed by atoms with Crippen molar-refractivity contribution in [1.29, 1.82) is 0 Å². The number of aryl methyl sites for hydroxylation is 2. The van der Waals surface area contributed by atoms with Crippen molar-refractivity contribution in [2.45, 2.75) is 45.7 Å². The van der Waals surface area contributed by atoms with Crippen LogP contribution >= 0.6 is 0 Å². The number of amides is 1. The average Bonchev–Trinajstić information content (AvgIpc) is 3.09. The number of aromatic nitrogens is 2. The summed E-state index contributed by atoms with van der Waals surface area (Å²) < 4.78 is 1.92. The van der Waals surface area contributed by atoms with Gasteiger partial charge in [-0.2, -0.15) is 5.10 Å². The van der Waals surface area contributed by atoms with Crippen molar-refractivity contribution in [2.24, 2.45) is 5.92 Å². The normalized spacial score (nSPS) is 27.4. The maximum absolute atomic E-state index is 12.2. The summed E-state index contributed by atoms with van der Waals surface area (Å²) in [5.41, 5.74) is 1.25. The Kier molecular flexibility index (Phi) is 2.03. The fourth-order valence-electron chi connectivity index (χ4n) is 2.58. The Morgan fingerprint density at radius 1 is 1.53 bits per heavy atom.